The normalized spacial score (nSPS) is 17.5. The molecule has 1 aromatic carbocycles. The first-order chi connectivity index (χ1) is 10.4. The van der Waals surface area contributed by atoms with E-state index in [2.05, 4.69) is 23.4 Å². The van der Waals surface area contributed by atoms with Crippen LogP contribution in [0.1, 0.15) is 54.5 Å². The SMILES string of the molecule is Cc1ccc([C@H]2CC(=O)Nc3c2c(=O)[nH]n3C(C)C)cc1C. The highest BCUT2D eigenvalue weighted by Gasteiger charge is 2.33. The van der Waals surface area contributed by atoms with E-state index in [-0.39, 0.29) is 23.4 Å². The smallest absolute Gasteiger partial charge is 0.270 e. The summed E-state index contributed by atoms with van der Waals surface area (Å²) in [5.74, 6) is 0.371. The number of aromatic amines is 1. The summed E-state index contributed by atoms with van der Waals surface area (Å²) in [4.78, 5) is 24.5. The molecule has 0 radical (unpaired) electrons. The van der Waals surface area contributed by atoms with Gasteiger partial charge in [0, 0.05) is 18.4 Å². The second kappa shape index (κ2) is 5.16. The van der Waals surface area contributed by atoms with Crippen molar-refractivity contribution in [1.29, 1.82) is 0 Å². The Labute approximate surface area is 129 Å². The molecule has 1 atom stereocenters. The van der Waals surface area contributed by atoms with Crippen LogP contribution in [0.4, 0.5) is 5.82 Å². The van der Waals surface area contributed by atoms with Crippen LogP contribution >= 0.6 is 0 Å². The number of benzene rings is 1. The molecule has 2 heterocycles. The zero-order valence-electron chi connectivity index (χ0n) is 13.4. The molecule has 1 amide bonds. The van der Waals surface area contributed by atoms with Gasteiger partial charge < -0.3 is 5.32 Å². The van der Waals surface area contributed by atoms with Crippen LogP contribution in [-0.2, 0) is 4.79 Å². The number of H-pyrrole nitrogens is 1. The molecule has 5 nitrogen and oxygen atoms in total. The lowest BCUT2D eigenvalue weighted by Gasteiger charge is -2.24. The highest BCUT2D eigenvalue weighted by atomic mass is 16.2. The molecular weight excluding hydrogens is 278 g/mol. The van der Waals surface area contributed by atoms with Crippen LogP contribution in [0.15, 0.2) is 23.0 Å². The molecule has 2 aromatic rings. The molecule has 2 N–H and O–H groups in total. The topological polar surface area (TPSA) is 66.9 Å². The van der Waals surface area contributed by atoms with Crippen molar-refractivity contribution in [1.82, 2.24) is 9.78 Å². The van der Waals surface area contributed by atoms with Gasteiger partial charge >= 0.3 is 0 Å². The van der Waals surface area contributed by atoms with Gasteiger partial charge in [-0.15, -0.1) is 0 Å². The van der Waals surface area contributed by atoms with Gasteiger partial charge in [-0.2, -0.15) is 0 Å². The van der Waals surface area contributed by atoms with E-state index in [1.807, 2.05) is 32.9 Å². The largest absolute Gasteiger partial charge is 0.311 e. The van der Waals surface area contributed by atoms with Gasteiger partial charge in [-0.25, -0.2) is 0 Å². The lowest BCUT2D eigenvalue weighted by Crippen LogP contribution is -2.27. The summed E-state index contributed by atoms with van der Waals surface area (Å²) >= 11 is 0. The summed E-state index contributed by atoms with van der Waals surface area (Å²) in [6, 6.07) is 6.22. The van der Waals surface area contributed by atoms with Crippen LogP contribution in [0.5, 0.6) is 0 Å². The monoisotopic (exact) mass is 299 g/mol. The number of amides is 1. The van der Waals surface area contributed by atoms with Crippen molar-refractivity contribution in [3.05, 3.63) is 50.8 Å². The zero-order chi connectivity index (χ0) is 16.0. The van der Waals surface area contributed by atoms with Crippen molar-refractivity contribution in [2.24, 2.45) is 0 Å². The Hall–Kier alpha value is -2.30. The molecule has 1 aromatic heterocycles. The van der Waals surface area contributed by atoms with E-state index >= 15 is 0 Å². The Balaban J connectivity index is 2.18. The van der Waals surface area contributed by atoms with Gasteiger partial charge in [0.05, 0.1) is 5.56 Å². The Kier molecular flexibility index (Phi) is 3.43. The van der Waals surface area contributed by atoms with Gasteiger partial charge in [0.1, 0.15) is 5.82 Å². The standard InChI is InChI=1S/C17H21N3O2/c1-9(2)20-16-15(17(22)19-20)13(8-14(21)18-16)12-6-5-10(3)11(4)7-12/h5-7,9,13H,8H2,1-4H3,(H,18,21)(H,19,22)/t13-/m1/s1. The van der Waals surface area contributed by atoms with E-state index < -0.39 is 0 Å². The first kappa shape index (κ1) is 14.6. The molecule has 22 heavy (non-hydrogen) atoms. The molecule has 0 aliphatic carbocycles. The molecule has 1 aliphatic rings. The average Bonchev–Trinajstić information content (AvgIpc) is 2.78. The maximum Gasteiger partial charge on any atom is 0.270 e. The average molecular weight is 299 g/mol. The fourth-order valence-electron chi connectivity index (χ4n) is 3.04. The number of carbonyl (C=O) groups is 1. The quantitative estimate of drug-likeness (QED) is 0.895. The lowest BCUT2D eigenvalue weighted by molar-refractivity contribution is -0.116. The van der Waals surface area contributed by atoms with E-state index in [1.165, 1.54) is 11.1 Å². The van der Waals surface area contributed by atoms with Crippen molar-refractivity contribution in [3.8, 4) is 0 Å². The van der Waals surface area contributed by atoms with Crippen LogP contribution in [0.2, 0.25) is 0 Å². The molecule has 116 valence electrons. The molecule has 0 saturated carbocycles. The van der Waals surface area contributed by atoms with Crippen molar-refractivity contribution >= 4 is 11.7 Å². The second-order valence-electron chi connectivity index (χ2n) is 6.32. The Morgan fingerprint density at radius 1 is 1.18 bits per heavy atom. The number of rotatable bonds is 2. The van der Waals surface area contributed by atoms with Crippen LogP contribution in [0.25, 0.3) is 0 Å². The number of aromatic nitrogens is 2. The fourth-order valence-corrected chi connectivity index (χ4v) is 3.04. The number of carbonyl (C=O) groups excluding carboxylic acids is 1. The summed E-state index contributed by atoms with van der Waals surface area (Å²) in [5.41, 5.74) is 3.94. The van der Waals surface area contributed by atoms with Crippen molar-refractivity contribution < 1.29 is 4.79 Å². The Bertz CT molecular complexity index is 799. The van der Waals surface area contributed by atoms with Crippen molar-refractivity contribution in [3.63, 3.8) is 0 Å². The molecule has 0 fully saturated rings. The third-order valence-corrected chi connectivity index (χ3v) is 4.41. The van der Waals surface area contributed by atoms with Gasteiger partial charge in [0.15, 0.2) is 0 Å². The fraction of sp³-hybridized carbons (Fsp3) is 0.412. The highest BCUT2D eigenvalue weighted by Crippen LogP contribution is 2.36. The van der Waals surface area contributed by atoms with Gasteiger partial charge in [-0.3, -0.25) is 19.4 Å². The van der Waals surface area contributed by atoms with Crippen LogP contribution in [0, 0.1) is 13.8 Å². The molecule has 0 spiro atoms. The highest BCUT2D eigenvalue weighted by molar-refractivity contribution is 5.94. The molecule has 5 heteroatoms. The van der Waals surface area contributed by atoms with Crippen molar-refractivity contribution in [2.75, 3.05) is 5.32 Å². The van der Waals surface area contributed by atoms with Crippen LogP contribution < -0.4 is 10.9 Å². The first-order valence-electron chi connectivity index (χ1n) is 7.60. The maximum atomic E-state index is 12.4. The Morgan fingerprint density at radius 2 is 1.91 bits per heavy atom. The number of aryl methyl sites for hydroxylation is 2. The number of hydrogen-bond acceptors (Lipinski definition) is 2. The summed E-state index contributed by atoms with van der Waals surface area (Å²) in [5, 5.41) is 5.70. The zero-order valence-corrected chi connectivity index (χ0v) is 13.4. The first-order valence-corrected chi connectivity index (χ1v) is 7.60. The van der Waals surface area contributed by atoms with E-state index in [1.54, 1.807) is 4.68 Å². The van der Waals surface area contributed by atoms with E-state index in [4.69, 9.17) is 0 Å². The lowest BCUT2D eigenvalue weighted by atomic mass is 9.86. The predicted molar refractivity (Wildman–Crippen MR) is 86.4 cm³/mol. The number of hydrogen-bond donors (Lipinski definition) is 2. The third kappa shape index (κ3) is 2.26. The van der Waals surface area contributed by atoms with Crippen LogP contribution in [0.3, 0.4) is 0 Å². The maximum absolute atomic E-state index is 12.4. The summed E-state index contributed by atoms with van der Waals surface area (Å²) in [6.45, 7) is 8.05. The molecule has 0 unspecified atom stereocenters. The van der Waals surface area contributed by atoms with Gasteiger partial charge in [-0.05, 0) is 44.4 Å². The van der Waals surface area contributed by atoms with Crippen molar-refractivity contribution in [2.45, 2.75) is 46.1 Å². The minimum atomic E-state index is -0.188. The van der Waals surface area contributed by atoms with Gasteiger partial charge in [0.2, 0.25) is 5.91 Å². The van der Waals surface area contributed by atoms with E-state index in [0.717, 1.165) is 5.56 Å². The number of nitrogens with zero attached hydrogens (tertiary/aromatic N) is 1. The number of fused-ring (bicyclic) bond motifs is 1. The minimum absolute atomic E-state index is 0.0517. The number of anilines is 1. The predicted octanol–water partition coefficient (Wildman–Crippen LogP) is 2.85. The van der Waals surface area contributed by atoms with Gasteiger partial charge in [-0.1, -0.05) is 18.2 Å². The second-order valence-corrected chi connectivity index (χ2v) is 6.32. The number of nitrogens with one attached hydrogen (secondary N) is 2. The summed E-state index contributed by atoms with van der Waals surface area (Å²) in [6.07, 6.45) is 0.306. The molecule has 1 aliphatic heterocycles. The summed E-state index contributed by atoms with van der Waals surface area (Å²) in [7, 11) is 0. The van der Waals surface area contributed by atoms with Crippen LogP contribution in [-0.4, -0.2) is 15.7 Å². The Morgan fingerprint density at radius 3 is 2.55 bits per heavy atom. The minimum Gasteiger partial charge on any atom is -0.311 e. The summed E-state index contributed by atoms with van der Waals surface area (Å²) < 4.78 is 1.74. The van der Waals surface area contributed by atoms with Gasteiger partial charge in [0.25, 0.3) is 5.56 Å². The van der Waals surface area contributed by atoms with E-state index in [9.17, 15) is 9.59 Å². The van der Waals surface area contributed by atoms with E-state index in [0.29, 0.717) is 17.8 Å². The molecule has 0 saturated heterocycles. The molecule has 3 rings (SSSR count). The third-order valence-electron chi connectivity index (χ3n) is 4.41. The molecule has 0 bridgehead atoms. The molecular formula is C17H21N3O2.